The number of rotatable bonds is 3. The molecule has 0 spiro atoms. The summed E-state index contributed by atoms with van der Waals surface area (Å²) in [6.45, 7) is 6.19. The van der Waals surface area contributed by atoms with Crippen LogP contribution in [0.15, 0.2) is 9.95 Å². The molecule has 0 aromatic carbocycles. The lowest BCUT2D eigenvalue weighted by Crippen LogP contribution is -2.38. The van der Waals surface area contributed by atoms with Crippen molar-refractivity contribution in [1.29, 1.82) is 0 Å². The predicted octanol–water partition coefficient (Wildman–Crippen LogP) is 3.46. The van der Waals surface area contributed by atoms with E-state index in [-0.39, 0.29) is 11.5 Å². The van der Waals surface area contributed by atoms with Crippen LogP contribution in [0.25, 0.3) is 10.2 Å². The summed E-state index contributed by atoms with van der Waals surface area (Å²) in [5.41, 5.74) is 1.15. The first-order chi connectivity index (χ1) is 12.5. The van der Waals surface area contributed by atoms with Crippen molar-refractivity contribution in [3.8, 4) is 0 Å². The fourth-order valence-electron chi connectivity index (χ4n) is 3.88. The van der Waals surface area contributed by atoms with E-state index < -0.39 is 0 Å². The molecule has 1 atom stereocenters. The van der Waals surface area contributed by atoms with E-state index in [0.29, 0.717) is 22.7 Å². The number of thioether (sulfide) groups is 1. The molecule has 140 valence electrons. The van der Waals surface area contributed by atoms with Crippen LogP contribution in [-0.4, -0.2) is 39.6 Å². The molecular weight excluding hydrogens is 366 g/mol. The van der Waals surface area contributed by atoms with Crippen molar-refractivity contribution in [3.05, 3.63) is 20.8 Å². The summed E-state index contributed by atoms with van der Waals surface area (Å²) in [4.78, 5) is 36.6. The lowest BCUT2D eigenvalue weighted by Gasteiger charge is -2.30. The zero-order chi connectivity index (χ0) is 18.3. The zero-order valence-corrected chi connectivity index (χ0v) is 17.0. The van der Waals surface area contributed by atoms with Gasteiger partial charge in [-0.2, -0.15) is 0 Å². The number of thiophene rings is 1. The Hall–Kier alpha value is -1.34. The molecule has 5 nitrogen and oxygen atoms in total. The van der Waals surface area contributed by atoms with Gasteiger partial charge >= 0.3 is 0 Å². The highest BCUT2D eigenvalue weighted by Crippen LogP contribution is 2.36. The van der Waals surface area contributed by atoms with Crippen LogP contribution in [-0.2, 0) is 17.6 Å². The first-order valence-corrected chi connectivity index (χ1v) is 11.3. The van der Waals surface area contributed by atoms with Gasteiger partial charge in [0.2, 0.25) is 5.91 Å². The number of amides is 1. The van der Waals surface area contributed by atoms with Crippen molar-refractivity contribution >= 4 is 39.2 Å². The first kappa shape index (κ1) is 18.0. The third kappa shape index (κ3) is 3.56. The normalized spacial score (nSPS) is 21.2. The average Bonchev–Trinajstić information content (AvgIpc) is 2.98. The Labute approximate surface area is 161 Å². The number of aromatic nitrogens is 2. The molecule has 4 rings (SSSR count). The minimum absolute atomic E-state index is 0.0520. The number of H-pyrrole nitrogens is 1. The van der Waals surface area contributed by atoms with Crippen molar-refractivity contribution < 1.29 is 4.79 Å². The molecule has 3 heterocycles. The van der Waals surface area contributed by atoms with Crippen LogP contribution < -0.4 is 5.56 Å². The highest BCUT2D eigenvalue weighted by molar-refractivity contribution is 7.99. The quantitative estimate of drug-likeness (QED) is 0.643. The number of carbonyl (C=O) groups excluding carboxylic acids is 1. The molecule has 0 radical (unpaired) electrons. The highest BCUT2D eigenvalue weighted by atomic mass is 32.2. The standard InChI is InChI=1S/C19H25N3O2S2/c1-11-5-7-22(8-6-11)15(23)10-25-19-20-17(24)16-13-4-3-12(2)9-14(13)26-18(16)21-19/h11-12H,3-10H2,1-2H3,(H,20,21,24)/t12-/m0/s1. The molecule has 0 unspecified atom stereocenters. The van der Waals surface area contributed by atoms with E-state index in [0.717, 1.165) is 55.4 Å². The van der Waals surface area contributed by atoms with E-state index in [1.807, 2.05) is 4.90 Å². The first-order valence-electron chi connectivity index (χ1n) is 9.46. The molecule has 26 heavy (non-hydrogen) atoms. The van der Waals surface area contributed by atoms with Gasteiger partial charge in [-0.3, -0.25) is 9.59 Å². The summed E-state index contributed by atoms with van der Waals surface area (Å²) < 4.78 is 0. The van der Waals surface area contributed by atoms with E-state index in [1.165, 1.54) is 22.2 Å². The molecule has 0 bridgehead atoms. The smallest absolute Gasteiger partial charge is 0.260 e. The van der Waals surface area contributed by atoms with Gasteiger partial charge in [0.05, 0.1) is 11.1 Å². The SMILES string of the molecule is CC1CCN(C(=O)CSc2nc3sc4c(c3c(=O)[nH]2)CC[C@H](C)C4)CC1. The minimum Gasteiger partial charge on any atom is -0.342 e. The molecule has 1 aliphatic heterocycles. The van der Waals surface area contributed by atoms with Crippen molar-refractivity contribution in [2.45, 2.75) is 51.1 Å². The van der Waals surface area contributed by atoms with Crippen molar-refractivity contribution in [3.63, 3.8) is 0 Å². The summed E-state index contributed by atoms with van der Waals surface area (Å²) in [5.74, 6) is 1.86. The maximum absolute atomic E-state index is 12.6. The Morgan fingerprint density at radius 1 is 1.27 bits per heavy atom. The molecule has 2 aromatic rings. The highest BCUT2D eigenvalue weighted by Gasteiger charge is 2.24. The number of aromatic amines is 1. The Morgan fingerprint density at radius 3 is 2.81 bits per heavy atom. The van der Waals surface area contributed by atoms with Crippen LogP contribution in [0.1, 0.15) is 43.6 Å². The van der Waals surface area contributed by atoms with E-state index in [1.54, 1.807) is 11.3 Å². The van der Waals surface area contributed by atoms with Gasteiger partial charge in [-0.15, -0.1) is 11.3 Å². The van der Waals surface area contributed by atoms with Gasteiger partial charge < -0.3 is 9.88 Å². The van der Waals surface area contributed by atoms with E-state index in [9.17, 15) is 9.59 Å². The van der Waals surface area contributed by atoms with Crippen LogP contribution in [0.3, 0.4) is 0 Å². The molecule has 1 aliphatic carbocycles. The molecule has 1 amide bonds. The minimum atomic E-state index is -0.0520. The van der Waals surface area contributed by atoms with Gasteiger partial charge in [0, 0.05) is 18.0 Å². The second kappa shape index (κ2) is 7.35. The number of hydrogen-bond acceptors (Lipinski definition) is 5. The van der Waals surface area contributed by atoms with Gasteiger partial charge in [0.15, 0.2) is 5.16 Å². The van der Waals surface area contributed by atoms with Crippen LogP contribution in [0, 0.1) is 11.8 Å². The zero-order valence-electron chi connectivity index (χ0n) is 15.3. The number of hydrogen-bond donors (Lipinski definition) is 1. The molecular formula is C19H25N3O2S2. The Kier molecular flexibility index (Phi) is 5.10. The molecule has 2 aliphatic rings. The van der Waals surface area contributed by atoms with Gasteiger partial charge in [-0.05, 0) is 49.5 Å². The fraction of sp³-hybridized carbons (Fsp3) is 0.632. The number of nitrogens with one attached hydrogen (secondary N) is 1. The monoisotopic (exact) mass is 391 g/mol. The number of likely N-dealkylation sites (tertiary alicyclic amines) is 1. The second-order valence-electron chi connectivity index (χ2n) is 7.75. The maximum Gasteiger partial charge on any atom is 0.260 e. The largest absolute Gasteiger partial charge is 0.342 e. The summed E-state index contributed by atoms with van der Waals surface area (Å²) >= 11 is 3.00. The van der Waals surface area contributed by atoms with Gasteiger partial charge in [0.1, 0.15) is 4.83 Å². The molecule has 1 saturated heterocycles. The number of fused-ring (bicyclic) bond motifs is 3. The summed E-state index contributed by atoms with van der Waals surface area (Å²) in [6.07, 6.45) is 5.31. The molecule has 1 fully saturated rings. The summed E-state index contributed by atoms with van der Waals surface area (Å²) in [7, 11) is 0. The molecule has 7 heteroatoms. The van der Waals surface area contributed by atoms with Crippen molar-refractivity contribution in [1.82, 2.24) is 14.9 Å². The van der Waals surface area contributed by atoms with Crippen LogP contribution in [0.2, 0.25) is 0 Å². The van der Waals surface area contributed by atoms with E-state index in [2.05, 4.69) is 23.8 Å². The summed E-state index contributed by atoms with van der Waals surface area (Å²) in [5, 5.41) is 1.34. The van der Waals surface area contributed by atoms with Crippen LogP contribution >= 0.6 is 23.1 Å². The Balaban J connectivity index is 1.49. The number of aryl methyl sites for hydroxylation is 1. The van der Waals surface area contributed by atoms with E-state index >= 15 is 0 Å². The van der Waals surface area contributed by atoms with Crippen LogP contribution in [0.5, 0.6) is 0 Å². The number of nitrogens with zero attached hydrogens (tertiary/aromatic N) is 2. The van der Waals surface area contributed by atoms with Crippen molar-refractivity contribution in [2.24, 2.45) is 11.8 Å². The lowest BCUT2D eigenvalue weighted by molar-refractivity contribution is -0.129. The average molecular weight is 392 g/mol. The Morgan fingerprint density at radius 2 is 2.04 bits per heavy atom. The molecule has 1 N–H and O–H groups in total. The predicted molar refractivity (Wildman–Crippen MR) is 107 cm³/mol. The molecule has 2 aromatic heterocycles. The topological polar surface area (TPSA) is 66.1 Å². The second-order valence-corrected chi connectivity index (χ2v) is 9.80. The third-order valence-corrected chi connectivity index (χ3v) is 7.62. The maximum atomic E-state index is 12.6. The lowest BCUT2D eigenvalue weighted by atomic mass is 9.89. The third-order valence-electron chi connectivity index (χ3n) is 5.61. The van der Waals surface area contributed by atoms with Gasteiger partial charge in [-0.1, -0.05) is 25.6 Å². The van der Waals surface area contributed by atoms with Crippen LogP contribution in [0.4, 0.5) is 0 Å². The summed E-state index contributed by atoms with van der Waals surface area (Å²) in [6, 6.07) is 0. The van der Waals surface area contributed by atoms with Gasteiger partial charge in [0.25, 0.3) is 5.56 Å². The van der Waals surface area contributed by atoms with Gasteiger partial charge in [-0.25, -0.2) is 4.98 Å². The number of carbonyl (C=O) groups is 1. The van der Waals surface area contributed by atoms with Crippen molar-refractivity contribution in [2.75, 3.05) is 18.8 Å². The van der Waals surface area contributed by atoms with E-state index in [4.69, 9.17) is 0 Å². The number of piperidine rings is 1. The molecule has 0 saturated carbocycles. The Bertz CT molecular complexity index is 881. The fourth-order valence-corrected chi connectivity index (χ4v) is 6.08.